The summed E-state index contributed by atoms with van der Waals surface area (Å²) in [6.45, 7) is 2.10. The van der Waals surface area contributed by atoms with Crippen molar-refractivity contribution in [1.29, 1.82) is 0 Å². The first-order chi connectivity index (χ1) is 20.5. The number of benzene rings is 2. The van der Waals surface area contributed by atoms with Gasteiger partial charge in [-0.2, -0.15) is 0 Å². The lowest BCUT2D eigenvalue weighted by molar-refractivity contribution is -0.116. The van der Waals surface area contributed by atoms with Gasteiger partial charge in [-0.3, -0.25) is 9.59 Å². The second-order valence-electron chi connectivity index (χ2n) is 10.3. The predicted molar refractivity (Wildman–Crippen MR) is 166 cm³/mol. The molecule has 2 heterocycles. The number of rotatable bonds is 11. The Labute approximate surface area is 253 Å². The molecular weight excluding hydrogens is 571 g/mol. The highest BCUT2D eigenvalue weighted by Crippen LogP contribution is 2.45. The summed E-state index contributed by atoms with van der Waals surface area (Å²) in [4.78, 5) is 31.5. The molecule has 42 heavy (non-hydrogen) atoms. The van der Waals surface area contributed by atoms with E-state index in [4.69, 9.17) is 14.5 Å². The van der Waals surface area contributed by atoms with E-state index < -0.39 is 0 Å². The zero-order valence-electron chi connectivity index (χ0n) is 24.0. The van der Waals surface area contributed by atoms with Crippen molar-refractivity contribution in [1.82, 2.24) is 15.2 Å². The Morgan fingerprint density at radius 2 is 1.43 bits per heavy atom. The first-order valence-electron chi connectivity index (χ1n) is 14.1. The van der Waals surface area contributed by atoms with Gasteiger partial charge in [-0.25, -0.2) is 4.98 Å². The molecule has 2 N–H and O–H groups in total. The Morgan fingerprint density at radius 1 is 0.833 bits per heavy atom. The highest BCUT2D eigenvalue weighted by Gasteiger charge is 2.30. The van der Waals surface area contributed by atoms with Crippen molar-refractivity contribution in [2.45, 2.75) is 63.7 Å². The second-order valence-corrected chi connectivity index (χ2v) is 12.3. The van der Waals surface area contributed by atoms with Crippen LogP contribution in [0.5, 0.6) is 11.5 Å². The largest absolute Gasteiger partial charge is 0.496 e. The smallest absolute Gasteiger partial charge is 0.230 e. The number of nitrogens with zero attached hydrogens (tertiary/aromatic N) is 3. The Balaban J connectivity index is 1.21. The van der Waals surface area contributed by atoms with Gasteiger partial charge in [-0.15, -0.1) is 21.5 Å². The van der Waals surface area contributed by atoms with Gasteiger partial charge in [-0.05, 0) is 43.7 Å². The summed E-state index contributed by atoms with van der Waals surface area (Å²) in [6, 6.07) is 15.0. The van der Waals surface area contributed by atoms with Gasteiger partial charge in [0, 0.05) is 21.9 Å². The van der Waals surface area contributed by atoms with Crippen molar-refractivity contribution in [3.05, 3.63) is 75.2 Å². The molecule has 4 aromatic rings. The van der Waals surface area contributed by atoms with Gasteiger partial charge in [0.15, 0.2) is 5.13 Å². The minimum atomic E-state index is -0.152. The van der Waals surface area contributed by atoms with Crippen molar-refractivity contribution in [3.8, 4) is 11.5 Å². The topological polar surface area (TPSA) is 115 Å². The van der Waals surface area contributed by atoms with Crippen LogP contribution in [0.25, 0.3) is 0 Å². The molecule has 220 valence electrons. The summed E-state index contributed by atoms with van der Waals surface area (Å²) >= 11 is 3.03. The molecule has 1 aliphatic rings. The van der Waals surface area contributed by atoms with Crippen LogP contribution >= 0.6 is 22.7 Å². The lowest BCUT2D eigenvalue weighted by Crippen LogP contribution is -2.14. The van der Waals surface area contributed by atoms with Gasteiger partial charge in [0.2, 0.25) is 16.9 Å². The van der Waals surface area contributed by atoms with E-state index in [-0.39, 0.29) is 30.6 Å². The molecule has 0 radical (unpaired) electrons. The zero-order valence-corrected chi connectivity index (χ0v) is 25.6. The Kier molecular flexibility index (Phi) is 9.81. The number of ether oxygens (including phenoxy) is 2. The average molecular weight is 606 g/mol. The summed E-state index contributed by atoms with van der Waals surface area (Å²) in [5, 5.41) is 16.7. The van der Waals surface area contributed by atoms with Crippen LogP contribution in [0.4, 0.5) is 10.3 Å². The van der Waals surface area contributed by atoms with E-state index in [0.717, 1.165) is 53.9 Å². The van der Waals surface area contributed by atoms with E-state index in [1.807, 2.05) is 48.5 Å². The highest BCUT2D eigenvalue weighted by molar-refractivity contribution is 7.16. The third-order valence-electron chi connectivity index (χ3n) is 7.48. The molecule has 2 unspecified atom stereocenters. The van der Waals surface area contributed by atoms with Gasteiger partial charge in [0.05, 0.1) is 32.8 Å². The maximum absolute atomic E-state index is 12.8. The van der Waals surface area contributed by atoms with Gasteiger partial charge < -0.3 is 20.1 Å². The van der Waals surface area contributed by atoms with Crippen molar-refractivity contribution in [2.75, 3.05) is 24.9 Å². The van der Waals surface area contributed by atoms with Crippen LogP contribution < -0.4 is 20.1 Å². The minimum Gasteiger partial charge on any atom is -0.496 e. The molecule has 1 saturated carbocycles. The van der Waals surface area contributed by atoms with E-state index >= 15 is 0 Å². The zero-order chi connectivity index (χ0) is 29.5. The Morgan fingerprint density at radius 3 is 2.05 bits per heavy atom. The number of hydrogen-bond acceptors (Lipinski definition) is 9. The van der Waals surface area contributed by atoms with Crippen LogP contribution in [0.15, 0.2) is 48.5 Å². The lowest BCUT2D eigenvalue weighted by Gasteiger charge is -2.27. The fourth-order valence-corrected chi connectivity index (χ4v) is 7.59. The highest BCUT2D eigenvalue weighted by atomic mass is 32.1. The number of amides is 2. The van der Waals surface area contributed by atoms with E-state index in [2.05, 4.69) is 27.8 Å². The molecule has 2 atom stereocenters. The number of nitrogens with one attached hydrogen (secondary N) is 2. The number of aryl methyl sites for hydroxylation is 1. The molecule has 5 rings (SSSR count). The van der Waals surface area contributed by atoms with Crippen molar-refractivity contribution in [3.63, 3.8) is 0 Å². The molecule has 1 aliphatic carbocycles. The number of anilines is 2. The molecule has 9 nitrogen and oxygen atoms in total. The number of hydrogen-bond donors (Lipinski definition) is 2. The number of methoxy groups -OCH3 is 2. The maximum Gasteiger partial charge on any atom is 0.230 e. The van der Waals surface area contributed by atoms with Crippen LogP contribution in [0.2, 0.25) is 0 Å². The summed E-state index contributed by atoms with van der Waals surface area (Å²) < 4.78 is 10.8. The first-order valence-corrected chi connectivity index (χ1v) is 15.8. The standard InChI is InChI=1S/C31H35N5O4S2/c1-4-23-28(41-30(32-23)33-26(37)17-19-10-5-7-14-24(19)39-2)21-12-9-13-22(16-21)29-35-36-31(42-29)34-27(38)18-20-11-6-8-15-25(20)40-3/h5-8,10-11,14-15,21-22H,4,9,12-13,16-18H2,1-3H3,(H,32,33,37)(H,34,36,38). The minimum absolute atomic E-state index is 0.113. The van der Waals surface area contributed by atoms with Crippen molar-refractivity contribution in [2.24, 2.45) is 0 Å². The fourth-order valence-electron chi connectivity index (χ4n) is 5.46. The molecule has 2 aromatic heterocycles. The lowest BCUT2D eigenvalue weighted by atomic mass is 9.80. The van der Waals surface area contributed by atoms with E-state index in [1.54, 1.807) is 25.6 Å². The first kappa shape index (κ1) is 29.7. The third-order valence-corrected chi connectivity index (χ3v) is 9.65. The van der Waals surface area contributed by atoms with Crippen molar-refractivity contribution >= 4 is 44.8 Å². The van der Waals surface area contributed by atoms with Crippen LogP contribution in [-0.2, 0) is 28.9 Å². The Bertz CT molecular complexity index is 1540. The molecule has 1 fully saturated rings. The van der Waals surface area contributed by atoms with Gasteiger partial charge in [0.1, 0.15) is 16.5 Å². The quantitative estimate of drug-likeness (QED) is 0.204. The molecular formula is C31H35N5O4S2. The molecule has 0 bridgehead atoms. The van der Waals surface area contributed by atoms with E-state index in [0.29, 0.717) is 27.7 Å². The van der Waals surface area contributed by atoms with Gasteiger partial charge >= 0.3 is 0 Å². The summed E-state index contributed by atoms with van der Waals surface area (Å²) in [5.41, 5.74) is 2.70. The van der Waals surface area contributed by atoms with Crippen LogP contribution in [0.3, 0.4) is 0 Å². The molecule has 0 spiro atoms. The fraction of sp³-hybridized carbons (Fsp3) is 0.387. The molecule has 2 amide bonds. The van der Waals surface area contributed by atoms with Gasteiger partial charge in [-0.1, -0.05) is 61.1 Å². The predicted octanol–water partition coefficient (Wildman–Crippen LogP) is 6.38. The monoisotopic (exact) mass is 605 g/mol. The average Bonchev–Trinajstić information content (AvgIpc) is 3.64. The number of para-hydroxylation sites is 2. The summed E-state index contributed by atoms with van der Waals surface area (Å²) in [5.74, 6) is 1.72. The van der Waals surface area contributed by atoms with Crippen LogP contribution in [-0.4, -0.2) is 41.2 Å². The molecule has 0 aliphatic heterocycles. The van der Waals surface area contributed by atoms with Crippen LogP contribution in [0, 0.1) is 0 Å². The number of aromatic nitrogens is 3. The van der Waals surface area contributed by atoms with E-state index in [1.165, 1.54) is 16.2 Å². The third kappa shape index (κ3) is 7.14. The SMILES string of the molecule is CCc1nc(NC(=O)Cc2ccccc2OC)sc1C1CCCC(c2nnc(NC(=O)Cc3ccccc3OC)s2)C1. The molecule has 11 heteroatoms. The van der Waals surface area contributed by atoms with E-state index in [9.17, 15) is 9.59 Å². The summed E-state index contributed by atoms with van der Waals surface area (Å²) in [6.07, 6.45) is 5.34. The molecule has 0 saturated heterocycles. The Hall–Kier alpha value is -3.83. The normalized spacial score (nSPS) is 16.5. The van der Waals surface area contributed by atoms with Gasteiger partial charge in [0.25, 0.3) is 0 Å². The number of carbonyl (C=O) groups excluding carboxylic acids is 2. The number of carbonyl (C=O) groups is 2. The molecule has 2 aromatic carbocycles. The number of thiazole rings is 1. The maximum atomic E-state index is 12.8. The van der Waals surface area contributed by atoms with Crippen molar-refractivity contribution < 1.29 is 19.1 Å². The van der Waals surface area contributed by atoms with Crippen LogP contribution in [0.1, 0.15) is 71.1 Å². The second kappa shape index (κ2) is 13.9. The summed E-state index contributed by atoms with van der Waals surface area (Å²) in [7, 11) is 3.21.